The zero-order valence-corrected chi connectivity index (χ0v) is 13.0. The van der Waals surface area contributed by atoms with Gasteiger partial charge >= 0.3 is 0 Å². The van der Waals surface area contributed by atoms with Crippen LogP contribution in [-0.4, -0.2) is 28.7 Å². The molecule has 3 unspecified atom stereocenters. The maximum atomic E-state index is 14.1. The Kier molecular flexibility index (Phi) is 4.82. The Hall–Kier alpha value is -0.640. The molecule has 3 rings (SSSR count). The van der Waals surface area contributed by atoms with Gasteiger partial charge in [-0.2, -0.15) is 0 Å². The average molecular weight is 312 g/mol. The maximum Gasteiger partial charge on any atom is 0.146 e. The number of hydrogen-bond acceptors (Lipinski definition) is 2. The molecule has 0 radical (unpaired) electrons. The summed E-state index contributed by atoms with van der Waals surface area (Å²) in [5.74, 6) is 0.0583. The summed E-state index contributed by atoms with van der Waals surface area (Å²) in [4.78, 5) is 2.36. The second-order valence-corrected chi connectivity index (χ2v) is 6.82. The van der Waals surface area contributed by atoms with Gasteiger partial charge in [-0.3, -0.25) is 4.90 Å². The Morgan fingerprint density at radius 1 is 1.19 bits per heavy atom. The normalized spacial score (nSPS) is 30.7. The maximum absolute atomic E-state index is 14.1. The molecule has 2 fully saturated rings. The summed E-state index contributed by atoms with van der Waals surface area (Å²) in [6.45, 7) is 1.58. The van der Waals surface area contributed by atoms with Gasteiger partial charge in [0.2, 0.25) is 0 Å². The molecule has 3 atom stereocenters. The molecule has 0 bridgehead atoms. The molecule has 0 aromatic heterocycles. The van der Waals surface area contributed by atoms with E-state index in [9.17, 15) is 9.50 Å². The fraction of sp³-hybridized carbons (Fsp3) is 0.647. The van der Waals surface area contributed by atoms with Crippen molar-refractivity contribution in [3.8, 4) is 0 Å². The van der Waals surface area contributed by atoms with Gasteiger partial charge in [0, 0.05) is 24.1 Å². The molecule has 1 N–H and O–H groups in total. The number of aliphatic hydroxyl groups excluding tert-OH is 1. The van der Waals surface area contributed by atoms with Crippen molar-refractivity contribution in [1.82, 2.24) is 4.90 Å². The zero-order chi connectivity index (χ0) is 14.8. The number of halogens is 2. The number of benzene rings is 1. The van der Waals surface area contributed by atoms with Crippen LogP contribution in [0.2, 0.25) is 5.02 Å². The summed E-state index contributed by atoms with van der Waals surface area (Å²) in [5, 5.41) is 10.4. The van der Waals surface area contributed by atoms with Crippen LogP contribution in [0.1, 0.15) is 44.1 Å². The number of likely N-dealkylation sites (tertiary alicyclic amines) is 1. The van der Waals surface area contributed by atoms with Crippen molar-refractivity contribution in [2.45, 2.75) is 57.2 Å². The Morgan fingerprint density at radius 2 is 2.05 bits per heavy atom. The molecule has 0 amide bonds. The summed E-state index contributed by atoms with van der Waals surface area (Å²) < 4.78 is 14.1. The van der Waals surface area contributed by atoms with Gasteiger partial charge < -0.3 is 5.11 Å². The van der Waals surface area contributed by atoms with Crippen LogP contribution in [0.5, 0.6) is 0 Å². The van der Waals surface area contributed by atoms with Crippen LogP contribution in [-0.2, 0) is 6.54 Å². The summed E-state index contributed by atoms with van der Waals surface area (Å²) in [6.07, 6.45) is 6.43. The molecular weight excluding hydrogens is 289 g/mol. The van der Waals surface area contributed by atoms with E-state index in [1.165, 1.54) is 6.42 Å². The largest absolute Gasteiger partial charge is 0.393 e. The summed E-state index contributed by atoms with van der Waals surface area (Å²) in [5.41, 5.74) is 0.668. The number of piperidine rings is 1. The molecular formula is C17H23ClFNO. The highest BCUT2D eigenvalue weighted by molar-refractivity contribution is 6.30. The first kappa shape index (κ1) is 15.3. The first-order valence-electron chi connectivity index (χ1n) is 8.02. The number of aliphatic hydroxyl groups is 1. The third kappa shape index (κ3) is 3.25. The van der Waals surface area contributed by atoms with Crippen molar-refractivity contribution in [2.75, 3.05) is 6.54 Å². The summed E-state index contributed by atoms with van der Waals surface area (Å²) in [7, 11) is 0. The molecule has 21 heavy (non-hydrogen) atoms. The lowest BCUT2D eigenvalue weighted by Crippen LogP contribution is -2.45. The van der Waals surface area contributed by atoms with Crippen LogP contribution in [0.15, 0.2) is 18.2 Å². The second kappa shape index (κ2) is 6.64. The van der Waals surface area contributed by atoms with Crippen LogP contribution in [0.4, 0.5) is 4.39 Å². The van der Waals surface area contributed by atoms with Gasteiger partial charge in [0.05, 0.1) is 11.1 Å². The van der Waals surface area contributed by atoms with E-state index in [4.69, 9.17) is 11.6 Å². The quantitative estimate of drug-likeness (QED) is 0.912. The van der Waals surface area contributed by atoms with Crippen molar-refractivity contribution in [2.24, 2.45) is 5.92 Å². The standard InChI is InChI=1S/C17H23ClFNO/c18-14-7-3-5-12(17(14)19)11-20-10-2-1-8-15(20)13-6-4-9-16(13)21/h3,5,7,13,15-16,21H,1-2,4,6,8-11H2. The third-order valence-electron chi connectivity index (χ3n) is 5.10. The zero-order valence-electron chi connectivity index (χ0n) is 12.3. The van der Waals surface area contributed by atoms with Gasteiger partial charge in [0.15, 0.2) is 0 Å². The summed E-state index contributed by atoms with van der Waals surface area (Å²) in [6, 6.07) is 5.60. The highest BCUT2D eigenvalue weighted by Gasteiger charge is 2.37. The van der Waals surface area contributed by atoms with E-state index in [2.05, 4.69) is 4.90 Å². The Morgan fingerprint density at radius 3 is 2.81 bits per heavy atom. The molecule has 1 aliphatic carbocycles. The van der Waals surface area contributed by atoms with E-state index in [0.29, 0.717) is 24.1 Å². The van der Waals surface area contributed by atoms with E-state index in [1.54, 1.807) is 6.07 Å². The van der Waals surface area contributed by atoms with Crippen LogP contribution < -0.4 is 0 Å². The lowest BCUT2D eigenvalue weighted by Gasteiger charge is -2.40. The van der Waals surface area contributed by atoms with Gasteiger partial charge in [0.25, 0.3) is 0 Å². The van der Waals surface area contributed by atoms with Crippen LogP contribution in [0.3, 0.4) is 0 Å². The second-order valence-electron chi connectivity index (χ2n) is 6.41. The van der Waals surface area contributed by atoms with Crippen molar-refractivity contribution < 1.29 is 9.50 Å². The fourth-order valence-corrected chi connectivity index (χ4v) is 4.20. The van der Waals surface area contributed by atoms with Crippen LogP contribution in [0, 0.1) is 11.7 Å². The minimum Gasteiger partial charge on any atom is -0.393 e. The first-order chi connectivity index (χ1) is 10.2. The topological polar surface area (TPSA) is 23.5 Å². The number of rotatable bonds is 3. The van der Waals surface area contributed by atoms with Gasteiger partial charge in [-0.15, -0.1) is 0 Å². The summed E-state index contributed by atoms with van der Waals surface area (Å²) >= 11 is 5.88. The van der Waals surface area contributed by atoms with Crippen LogP contribution in [0.25, 0.3) is 0 Å². The highest BCUT2D eigenvalue weighted by atomic mass is 35.5. The van der Waals surface area contributed by atoms with Gasteiger partial charge in [-0.1, -0.05) is 36.6 Å². The minimum absolute atomic E-state index is 0.181. The predicted octanol–water partition coefficient (Wildman–Crippen LogP) is 3.99. The highest BCUT2D eigenvalue weighted by Crippen LogP contribution is 2.36. The molecule has 1 saturated carbocycles. The molecule has 1 aliphatic heterocycles. The monoisotopic (exact) mass is 311 g/mol. The van der Waals surface area contributed by atoms with E-state index in [-0.39, 0.29) is 16.9 Å². The van der Waals surface area contributed by atoms with Crippen molar-refractivity contribution in [3.05, 3.63) is 34.6 Å². The van der Waals surface area contributed by atoms with Gasteiger partial charge in [-0.25, -0.2) is 4.39 Å². The van der Waals surface area contributed by atoms with Crippen molar-refractivity contribution >= 4 is 11.6 Å². The van der Waals surface area contributed by atoms with Crippen LogP contribution >= 0.6 is 11.6 Å². The number of nitrogens with zero attached hydrogens (tertiary/aromatic N) is 1. The fourth-order valence-electron chi connectivity index (χ4n) is 4.01. The lowest BCUT2D eigenvalue weighted by molar-refractivity contribution is 0.0308. The predicted molar refractivity (Wildman–Crippen MR) is 82.8 cm³/mol. The lowest BCUT2D eigenvalue weighted by atomic mass is 9.87. The average Bonchev–Trinajstić information content (AvgIpc) is 2.90. The number of hydrogen-bond donors (Lipinski definition) is 1. The van der Waals surface area contributed by atoms with Gasteiger partial charge in [-0.05, 0) is 38.3 Å². The minimum atomic E-state index is -0.296. The van der Waals surface area contributed by atoms with E-state index in [1.807, 2.05) is 12.1 Å². The molecule has 0 spiro atoms. The molecule has 116 valence electrons. The Bertz CT molecular complexity index is 496. The van der Waals surface area contributed by atoms with Crippen molar-refractivity contribution in [1.29, 1.82) is 0 Å². The Labute approximate surface area is 130 Å². The molecule has 1 aromatic rings. The first-order valence-corrected chi connectivity index (χ1v) is 8.39. The van der Waals surface area contributed by atoms with E-state index < -0.39 is 0 Å². The molecule has 1 saturated heterocycles. The molecule has 1 aromatic carbocycles. The SMILES string of the molecule is OC1CCCC1C1CCCCN1Cc1cccc(Cl)c1F. The Balaban J connectivity index is 1.76. The van der Waals surface area contributed by atoms with Gasteiger partial charge in [0.1, 0.15) is 5.82 Å². The third-order valence-corrected chi connectivity index (χ3v) is 5.39. The van der Waals surface area contributed by atoms with E-state index in [0.717, 1.165) is 38.6 Å². The van der Waals surface area contributed by atoms with E-state index >= 15 is 0 Å². The molecule has 2 aliphatic rings. The van der Waals surface area contributed by atoms with Crippen molar-refractivity contribution in [3.63, 3.8) is 0 Å². The smallest absolute Gasteiger partial charge is 0.146 e. The molecule has 4 heteroatoms. The molecule has 1 heterocycles. The molecule has 2 nitrogen and oxygen atoms in total.